The van der Waals surface area contributed by atoms with Gasteiger partial charge >= 0.3 is 0 Å². The second-order valence-electron chi connectivity index (χ2n) is 5.91. The van der Waals surface area contributed by atoms with Gasteiger partial charge in [-0.1, -0.05) is 23.7 Å². The van der Waals surface area contributed by atoms with Crippen LogP contribution < -0.4 is 10.6 Å². The zero-order chi connectivity index (χ0) is 17.0. The van der Waals surface area contributed by atoms with Crippen molar-refractivity contribution in [3.8, 4) is 0 Å². The van der Waals surface area contributed by atoms with Crippen molar-refractivity contribution in [2.45, 2.75) is 26.3 Å². The van der Waals surface area contributed by atoms with Crippen LogP contribution in [0.1, 0.15) is 25.3 Å². The molecular weight excluding hydrogens is 324 g/mol. The zero-order valence-corrected chi connectivity index (χ0v) is 15.3. The molecule has 0 unspecified atom stereocenters. The first kappa shape index (κ1) is 19.0. The van der Waals surface area contributed by atoms with Crippen molar-refractivity contribution in [2.24, 2.45) is 4.99 Å². The number of nitrogens with one attached hydrogen (secondary N) is 2. The second-order valence-corrected chi connectivity index (χ2v) is 6.35. The Morgan fingerprint density at radius 2 is 1.92 bits per heavy atom. The van der Waals surface area contributed by atoms with Crippen molar-refractivity contribution >= 4 is 17.6 Å². The minimum atomic E-state index is 0.653. The minimum absolute atomic E-state index is 0.653. The first-order valence-electron chi connectivity index (χ1n) is 8.84. The number of guanidine groups is 1. The van der Waals surface area contributed by atoms with Crippen LogP contribution in [0, 0.1) is 0 Å². The fourth-order valence-corrected chi connectivity index (χ4v) is 2.72. The summed E-state index contributed by atoms with van der Waals surface area (Å²) in [5, 5.41) is 7.46. The molecular formula is C18H29ClN4O. The van der Waals surface area contributed by atoms with Crippen LogP contribution in [0.5, 0.6) is 0 Å². The fraction of sp³-hybridized carbons (Fsp3) is 0.611. The molecule has 0 bridgehead atoms. The van der Waals surface area contributed by atoms with Crippen LogP contribution >= 0.6 is 11.6 Å². The van der Waals surface area contributed by atoms with E-state index in [-0.39, 0.29) is 0 Å². The number of hydrogen-bond donors (Lipinski definition) is 2. The Morgan fingerprint density at radius 1 is 1.17 bits per heavy atom. The van der Waals surface area contributed by atoms with Gasteiger partial charge in [0.1, 0.15) is 0 Å². The number of halogens is 1. The zero-order valence-electron chi connectivity index (χ0n) is 14.6. The third-order valence-electron chi connectivity index (χ3n) is 3.97. The predicted molar refractivity (Wildman–Crippen MR) is 101 cm³/mol. The molecule has 0 atom stereocenters. The van der Waals surface area contributed by atoms with E-state index in [0.717, 1.165) is 68.9 Å². The summed E-state index contributed by atoms with van der Waals surface area (Å²) < 4.78 is 5.37. The SMILES string of the molecule is CCNC(=NCc1ccc(Cl)cc1)NCCCCN1CCOCC1. The first-order chi connectivity index (χ1) is 11.8. The highest BCUT2D eigenvalue weighted by molar-refractivity contribution is 6.30. The van der Waals surface area contributed by atoms with E-state index in [4.69, 9.17) is 16.3 Å². The molecule has 1 fully saturated rings. The standard InChI is InChI=1S/C18H29ClN4O/c1-2-20-18(22-15-16-5-7-17(19)8-6-16)21-9-3-4-10-23-11-13-24-14-12-23/h5-8H,2-4,9-15H2,1H3,(H2,20,21,22). The molecule has 1 aromatic carbocycles. The number of benzene rings is 1. The summed E-state index contributed by atoms with van der Waals surface area (Å²) in [6, 6.07) is 7.83. The number of ether oxygens (including phenoxy) is 1. The van der Waals surface area contributed by atoms with Crippen LogP contribution in [0.15, 0.2) is 29.3 Å². The minimum Gasteiger partial charge on any atom is -0.379 e. The van der Waals surface area contributed by atoms with E-state index < -0.39 is 0 Å². The van der Waals surface area contributed by atoms with Gasteiger partial charge in [-0.3, -0.25) is 4.90 Å². The van der Waals surface area contributed by atoms with Crippen LogP contribution in [-0.4, -0.2) is 56.8 Å². The van der Waals surface area contributed by atoms with E-state index in [2.05, 4.69) is 27.4 Å². The van der Waals surface area contributed by atoms with Gasteiger partial charge in [0.2, 0.25) is 0 Å². The molecule has 24 heavy (non-hydrogen) atoms. The van der Waals surface area contributed by atoms with Gasteiger partial charge in [-0.25, -0.2) is 4.99 Å². The second kappa shape index (κ2) is 11.3. The molecule has 0 spiro atoms. The summed E-state index contributed by atoms with van der Waals surface area (Å²) in [5.74, 6) is 0.874. The molecule has 0 amide bonds. The molecule has 5 nitrogen and oxygen atoms in total. The number of nitrogens with zero attached hydrogens (tertiary/aromatic N) is 2. The van der Waals surface area contributed by atoms with Gasteiger partial charge in [0.05, 0.1) is 19.8 Å². The maximum Gasteiger partial charge on any atom is 0.191 e. The maximum atomic E-state index is 5.91. The largest absolute Gasteiger partial charge is 0.379 e. The highest BCUT2D eigenvalue weighted by atomic mass is 35.5. The molecule has 1 aliphatic heterocycles. The normalized spacial score (nSPS) is 16.2. The molecule has 0 saturated carbocycles. The average Bonchev–Trinajstić information content (AvgIpc) is 2.61. The fourth-order valence-electron chi connectivity index (χ4n) is 2.59. The van der Waals surface area contributed by atoms with E-state index in [0.29, 0.717) is 6.54 Å². The molecule has 134 valence electrons. The number of unbranched alkanes of at least 4 members (excludes halogenated alkanes) is 1. The average molecular weight is 353 g/mol. The van der Waals surface area contributed by atoms with Crippen molar-refractivity contribution in [3.05, 3.63) is 34.9 Å². The quantitative estimate of drug-likeness (QED) is 0.429. The topological polar surface area (TPSA) is 48.9 Å². The van der Waals surface area contributed by atoms with Crippen molar-refractivity contribution in [1.82, 2.24) is 15.5 Å². The highest BCUT2D eigenvalue weighted by Crippen LogP contribution is 2.10. The van der Waals surface area contributed by atoms with Crippen molar-refractivity contribution in [3.63, 3.8) is 0 Å². The Hall–Kier alpha value is -1.30. The first-order valence-corrected chi connectivity index (χ1v) is 9.22. The van der Waals surface area contributed by atoms with Crippen molar-refractivity contribution < 1.29 is 4.74 Å². The monoisotopic (exact) mass is 352 g/mol. The molecule has 1 aliphatic rings. The molecule has 1 heterocycles. The van der Waals surface area contributed by atoms with Crippen molar-refractivity contribution in [2.75, 3.05) is 45.9 Å². The molecule has 1 aromatic rings. The lowest BCUT2D eigenvalue weighted by molar-refractivity contribution is 0.0372. The highest BCUT2D eigenvalue weighted by Gasteiger charge is 2.09. The van der Waals surface area contributed by atoms with Gasteiger partial charge in [0.25, 0.3) is 0 Å². The molecule has 6 heteroatoms. The number of hydrogen-bond acceptors (Lipinski definition) is 3. The number of aliphatic imine (C=N–C) groups is 1. The van der Waals surface area contributed by atoms with E-state index in [1.807, 2.05) is 24.3 Å². The van der Waals surface area contributed by atoms with Gasteiger partial charge in [0, 0.05) is 31.2 Å². The van der Waals surface area contributed by atoms with E-state index >= 15 is 0 Å². The Balaban J connectivity index is 1.66. The molecule has 0 aromatic heterocycles. The van der Waals surface area contributed by atoms with Gasteiger partial charge in [-0.05, 0) is 44.0 Å². The Kier molecular flexibility index (Phi) is 8.95. The summed E-state index contributed by atoms with van der Waals surface area (Å²) in [7, 11) is 0. The summed E-state index contributed by atoms with van der Waals surface area (Å²) in [5.41, 5.74) is 1.16. The molecule has 2 rings (SSSR count). The molecule has 0 radical (unpaired) electrons. The van der Waals surface area contributed by atoms with Gasteiger partial charge in [-0.2, -0.15) is 0 Å². The third-order valence-corrected chi connectivity index (χ3v) is 4.23. The molecule has 1 saturated heterocycles. The Morgan fingerprint density at radius 3 is 2.62 bits per heavy atom. The smallest absolute Gasteiger partial charge is 0.191 e. The van der Waals surface area contributed by atoms with E-state index in [1.54, 1.807) is 0 Å². The maximum absolute atomic E-state index is 5.91. The number of rotatable bonds is 8. The molecule has 0 aliphatic carbocycles. The van der Waals surface area contributed by atoms with Gasteiger partial charge in [0.15, 0.2) is 5.96 Å². The van der Waals surface area contributed by atoms with Crippen LogP contribution in [-0.2, 0) is 11.3 Å². The Bertz CT molecular complexity index is 486. The predicted octanol–water partition coefficient (Wildman–Crippen LogP) is 2.51. The lowest BCUT2D eigenvalue weighted by Crippen LogP contribution is -2.39. The van der Waals surface area contributed by atoms with Gasteiger partial charge in [-0.15, -0.1) is 0 Å². The van der Waals surface area contributed by atoms with Crippen LogP contribution in [0.25, 0.3) is 0 Å². The lowest BCUT2D eigenvalue weighted by Gasteiger charge is -2.26. The van der Waals surface area contributed by atoms with Crippen molar-refractivity contribution in [1.29, 1.82) is 0 Å². The lowest BCUT2D eigenvalue weighted by atomic mass is 10.2. The van der Waals surface area contributed by atoms with E-state index in [9.17, 15) is 0 Å². The molecule has 2 N–H and O–H groups in total. The van der Waals surface area contributed by atoms with Gasteiger partial charge < -0.3 is 15.4 Å². The number of morpholine rings is 1. The van der Waals surface area contributed by atoms with Crippen LogP contribution in [0.4, 0.5) is 0 Å². The third kappa shape index (κ3) is 7.51. The van der Waals surface area contributed by atoms with E-state index in [1.165, 1.54) is 6.42 Å². The summed E-state index contributed by atoms with van der Waals surface area (Å²) in [4.78, 5) is 7.10. The summed E-state index contributed by atoms with van der Waals surface area (Å²) >= 11 is 5.91. The summed E-state index contributed by atoms with van der Waals surface area (Å²) in [6.07, 6.45) is 2.34. The Labute approximate surface area is 150 Å². The summed E-state index contributed by atoms with van der Waals surface area (Å²) in [6.45, 7) is 9.58. The van der Waals surface area contributed by atoms with Crippen LogP contribution in [0.2, 0.25) is 5.02 Å². The van der Waals surface area contributed by atoms with Crippen LogP contribution in [0.3, 0.4) is 0 Å².